The number of carbonyl (C=O) groups is 1. The van der Waals surface area contributed by atoms with Crippen LogP contribution in [0.2, 0.25) is 0 Å². The van der Waals surface area contributed by atoms with Crippen molar-refractivity contribution in [1.29, 1.82) is 0 Å². The molecule has 2 aromatic rings. The molecule has 0 bridgehead atoms. The van der Waals surface area contributed by atoms with Crippen molar-refractivity contribution in [2.75, 3.05) is 26.2 Å². The Morgan fingerprint density at radius 2 is 1.74 bits per heavy atom. The Hall–Kier alpha value is -1.34. The third-order valence-corrected chi connectivity index (χ3v) is 7.46. The minimum atomic E-state index is -0.912. The van der Waals surface area contributed by atoms with Crippen molar-refractivity contribution < 1.29 is 15.0 Å². The van der Waals surface area contributed by atoms with Gasteiger partial charge in [0.2, 0.25) is 0 Å². The summed E-state index contributed by atoms with van der Waals surface area (Å²) >= 11 is 4.52. The van der Waals surface area contributed by atoms with E-state index in [-0.39, 0.29) is 5.75 Å². The summed E-state index contributed by atoms with van der Waals surface area (Å²) in [6.07, 6.45) is 0.792. The number of piperazine rings is 1. The van der Waals surface area contributed by atoms with Crippen LogP contribution in [0.1, 0.15) is 11.1 Å². The number of rotatable bonds is 4. The van der Waals surface area contributed by atoms with E-state index in [4.69, 9.17) is 5.11 Å². The lowest BCUT2D eigenvalue weighted by Crippen LogP contribution is -2.47. The van der Waals surface area contributed by atoms with Crippen molar-refractivity contribution in [2.45, 2.75) is 13.1 Å². The molecule has 9 heteroatoms. The summed E-state index contributed by atoms with van der Waals surface area (Å²) in [5, 5.41) is 19.4. The first kappa shape index (κ1) is 20.4. The lowest BCUT2D eigenvalue weighted by Gasteiger charge is -2.33. The van der Waals surface area contributed by atoms with E-state index < -0.39 is 11.7 Å². The number of aromatic nitrogens is 1. The first-order chi connectivity index (χ1) is 12.8. The second-order valence-electron chi connectivity index (χ2n) is 6.42. The molecule has 0 radical (unpaired) electrons. The zero-order valence-corrected chi connectivity index (χ0v) is 18.8. The van der Waals surface area contributed by atoms with Crippen LogP contribution in [-0.2, 0) is 13.1 Å². The average Bonchev–Trinajstić information content (AvgIpc) is 2.65. The molecule has 1 aliphatic heterocycles. The Balaban J connectivity index is 1.71. The van der Waals surface area contributed by atoms with Crippen molar-refractivity contribution in [3.63, 3.8) is 0 Å². The number of hydrogen-bond acceptors (Lipinski definition) is 4. The summed E-state index contributed by atoms with van der Waals surface area (Å²) in [7, 11) is 0. The highest BCUT2D eigenvalue weighted by molar-refractivity contribution is 14.1. The number of nitrogens with zero attached hydrogens (tertiary/aromatic N) is 3. The molecule has 0 unspecified atom stereocenters. The molecule has 2 N–H and O–H groups in total. The van der Waals surface area contributed by atoms with Gasteiger partial charge in [-0.05, 0) is 68.9 Å². The van der Waals surface area contributed by atoms with Gasteiger partial charge in [0.25, 0.3) is 5.56 Å². The van der Waals surface area contributed by atoms with Gasteiger partial charge in [-0.2, -0.15) is 0 Å². The normalized spacial score (nSPS) is 15.1. The Bertz CT molecular complexity index is 908. The number of pyridine rings is 1. The lowest BCUT2D eigenvalue weighted by atomic mass is 10.2. The number of benzene rings is 1. The molecule has 1 fully saturated rings. The van der Waals surface area contributed by atoms with Gasteiger partial charge in [-0.25, -0.2) is 4.79 Å². The average molecular weight is 595 g/mol. The summed E-state index contributed by atoms with van der Waals surface area (Å²) in [6.45, 7) is 2.84. The third kappa shape index (κ3) is 4.93. The molecule has 7 nitrogen and oxygen atoms in total. The van der Waals surface area contributed by atoms with Crippen LogP contribution in [0.25, 0.3) is 0 Å². The molecule has 0 atom stereocenters. The second-order valence-corrected chi connectivity index (χ2v) is 8.74. The van der Waals surface area contributed by atoms with Crippen LogP contribution in [0, 0.1) is 7.14 Å². The molecule has 27 heavy (non-hydrogen) atoms. The van der Waals surface area contributed by atoms with Gasteiger partial charge in [0.05, 0.1) is 6.54 Å². The third-order valence-electron chi connectivity index (χ3n) is 4.60. The van der Waals surface area contributed by atoms with Gasteiger partial charge in [0.1, 0.15) is 0 Å². The van der Waals surface area contributed by atoms with Crippen molar-refractivity contribution in [1.82, 2.24) is 14.4 Å². The molecule has 0 saturated carbocycles. The van der Waals surface area contributed by atoms with Crippen LogP contribution in [-0.4, -0.2) is 56.9 Å². The fourth-order valence-electron chi connectivity index (χ4n) is 3.02. The largest absolute Gasteiger partial charge is 0.503 e. The Labute approximate surface area is 183 Å². The van der Waals surface area contributed by atoms with Crippen molar-refractivity contribution in [2.24, 2.45) is 0 Å². The zero-order valence-electron chi connectivity index (χ0n) is 14.4. The number of aromatic hydroxyl groups is 1. The molecule has 1 saturated heterocycles. The summed E-state index contributed by atoms with van der Waals surface area (Å²) in [4.78, 5) is 26.9. The maximum absolute atomic E-state index is 12.5. The van der Waals surface area contributed by atoms with Crippen LogP contribution in [0.3, 0.4) is 0 Å². The summed E-state index contributed by atoms with van der Waals surface area (Å²) in [5.41, 5.74) is 1.15. The predicted molar refractivity (Wildman–Crippen MR) is 118 cm³/mol. The minimum absolute atomic E-state index is 0.238. The quantitative estimate of drug-likeness (QED) is 0.532. The molecule has 1 amide bonds. The predicted octanol–water partition coefficient (Wildman–Crippen LogP) is 2.61. The Morgan fingerprint density at radius 1 is 1.04 bits per heavy atom. The van der Waals surface area contributed by atoms with Crippen LogP contribution >= 0.6 is 45.2 Å². The van der Waals surface area contributed by atoms with Crippen LogP contribution in [0.4, 0.5) is 4.79 Å². The molecule has 144 valence electrons. The molecule has 3 rings (SSSR count). The summed E-state index contributed by atoms with van der Waals surface area (Å²) in [6, 6.07) is 7.77. The zero-order chi connectivity index (χ0) is 19.6. The first-order valence-corrected chi connectivity index (χ1v) is 10.6. The number of hydrogen-bond donors (Lipinski definition) is 2. The van der Waals surface area contributed by atoms with Crippen molar-refractivity contribution in [3.8, 4) is 5.75 Å². The van der Waals surface area contributed by atoms with E-state index in [0.717, 1.165) is 12.7 Å². The highest BCUT2D eigenvalue weighted by atomic mass is 127. The monoisotopic (exact) mass is 595 g/mol. The first-order valence-electron chi connectivity index (χ1n) is 8.40. The molecule has 1 aliphatic rings. The van der Waals surface area contributed by atoms with Gasteiger partial charge in [-0.1, -0.05) is 6.07 Å². The van der Waals surface area contributed by atoms with Crippen molar-refractivity contribution >= 4 is 51.3 Å². The fourth-order valence-corrected chi connectivity index (χ4v) is 3.94. The molecule has 0 spiro atoms. The van der Waals surface area contributed by atoms with Crippen LogP contribution < -0.4 is 5.56 Å². The van der Waals surface area contributed by atoms with E-state index in [2.05, 4.69) is 45.2 Å². The molecule has 1 aromatic heterocycles. The maximum Gasteiger partial charge on any atom is 0.407 e. The maximum atomic E-state index is 12.5. The summed E-state index contributed by atoms with van der Waals surface area (Å²) in [5.74, 6) is -0.238. The van der Waals surface area contributed by atoms with Gasteiger partial charge < -0.3 is 19.7 Å². The standard InChI is InChI=1S/C18H19I2N3O4/c19-14-2-1-12(9-15(14)20)10-23-4-3-13(16(24)17(23)25)11-21-5-7-22(8-6-21)18(26)27/h1-4,9,24H,5-8,10-11H2,(H,26,27). The van der Waals surface area contributed by atoms with Gasteiger partial charge in [0.15, 0.2) is 5.75 Å². The molecule has 0 aliphatic carbocycles. The second kappa shape index (κ2) is 8.78. The Kier molecular flexibility index (Phi) is 6.63. The number of halogens is 2. The van der Waals surface area contributed by atoms with E-state index in [9.17, 15) is 14.7 Å². The molecule has 2 heterocycles. The van der Waals surface area contributed by atoms with Crippen LogP contribution in [0.5, 0.6) is 5.75 Å². The van der Waals surface area contributed by atoms with Gasteiger partial charge in [-0.3, -0.25) is 9.69 Å². The highest BCUT2D eigenvalue weighted by Crippen LogP contribution is 2.18. The molecular weight excluding hydrogens is 576 g/mol. The SMILES string of the molecule is O=C(O)N1CCN(Cc2ccn(Cc3ccc(I)c(I)c3)c(=O)c2O)CC1. The van der Waals surface area contributed by atoms with Crippen LogP contribution in [0.15, 0.2) is 35.3 Å². The summed E-state index contributed by atoms with van der Waals surface area (Å²) < 4.78 is 3.78. The minimum Gasteiger partial charge on any atom is -0.503 e. The topological polar surface area (TPSA) is 86.0 Å². The van der Waals surface area contributed by atoms with E-state index in [1.165, 1.54) is 9.47 Å². The molecular formula is C18H19I2N3O4. The smallest absolute Gasteiger partial charge is 0.407 e. The van der Waals surface area contributed by atoms with Gasteiger partial charge in [0, 0.05) is 51.6 Å². The molecule has 1 aromatic carbocycles. The lowest BCUT2D eigenvalue weighted by molar-refractivity contribution is 0.102. The highest BCUT2D eigenvalue weighted by Gasteiger charge is 2.21. The van der Waals surface area contributed by atoms with E-state index in [0.29, 0.717) is 44.8 Å². The fraction of sp³-hybridized carbons (Fsp3) is 0.333. The number of amides is 1. The van der Waals surface area contributed by atoms with Crippen molar-refractivity contribution in [3.05, 3.63) is 59.1 Å². The van der Waals surface area contributed by atoms with Gasteiger partial charge >= 0.3 is 6.09 Å². The van der Waals surface area contributed by atoms with E-state index in [1.807, 2.05) is 23.1 Å². The van der Waals surface area contributed by atoms with E-state index >= 15 is 0 Å². The Morgan fingerprint density at radius 3 is 2.37 bits per heavy atom. The van der Waals surface area contributed by atoms with E-state index in [1.54, 1.807) is 12.3 Å². The number of carboxylic acid groups (broad SMARTS) is 1. The van der Waals surface area contributed by atoms with Gasteiger partial charge in [-0.15, -0.1) is 0 Å².